The van der Waals surface area contributed by atoms with Crippen molar-refractivity contribution >= 4 is 27.5 Å². The van der Waals surface area contributed by atoms with Gasteiger partial charge in [-0.3, -0.25) is 13.9 Å². The SMILES string of the molecule is CC[C@H](C(=O)N[C@@H](C)CC)N(Cc1ccccc1C)C(=O)CN(c1cccc(OC)c1)S(=O)(=O)c1ccc(C)cc1. The molecule has 0 aliphatic carbocycles. The summed E-state index contributed by atoms with van der Waals surface area (Å²) in [6, 6.07) is 19.9. The molecule has 0 fully saturated rings. The first-order valence-corrected chi connectivity index (χ1v) is 15.3. The van der Waals surface area contributed by atoms with E-state index in [9.17, 15) is 18.0 Å². The van der Waals surface area contributed by atoms with Crippen molar-refractivity contribution in [1.29, 1.82) is 0 Å². The number of nitrogens with one attached hydrogen (secondary N) is 1. The van der Waals surface area contributed by atoms with E-state index in [2.05, 4.69) is 5.32 Å². The Bertz CT molecular complexity index is 1440. The molecule has 9 heteroatoms. The van der Waals surface area contributed by atoms with Gasteiger partial charge in [-0.1, -0.05) is 61.9 Å². The summed E-state index contributed by atoms with van der Waals surface area (Å²) < 4.78 is 34.5. The topological polar surface area (TPSA) is 96.0 Å². The summed E-state index contributed by atoms with van der Waals surface area (Å²) in [6.45, 7) is 9.22. The van der Waals surface area contributed by atoms with Gasteiger partial charge in [0.2, 0.25) is 11.8 Å². The molecule has 0 spiro atoms. The zero-order chi connectivity index (χ0) is 30.2. The Labute approximate surface area is 244 Å². The number of nitrogens with zero attached hydrogens (tertiary/aromatic N) is 2. The standard InChI is InChI=1S/C32H41N3O5S/c1-7-25(5)33-32(37)30(8-2)34(21-26-13-10-9-12-24(26)4)31(36)22-35(27-14-11-15-28(20-27)40-6)41(38,39)29-18-16-23(3)17-19-29/h9-20,25,30H,7-8,21-22H2,1-6H3,(H,33,37)/t25-,30+/m0/s1. The van der Waals surface area contributed by atoms with Gasteiger partial charge in [0, 0.05) is 18.7 Å². The van der Waals surface area contributed by atoms with Gasteiger partial charge >= 0.3 is 0 Å². The van der Waals surface area contributed by atoms with Crippen LogP contribution in [0.5, 0.6) is 5.75 Å². The molecule has 2 amide bonds. The first kappa shape index (κ1) is 31.7. The summed E-state index contributed by atoms with van der Waals surface area (Å²) in [5.41, 5.74) is 3.05. The normalized spacial score (nSPS) is 12.7. The molecule has 0 aliphatic rings. The van der Waals surface area contributed by atoms with Crippen molar-refractivity contribution in [3.8, 4) is 5.75 Å². The summed E-state index contributed by atoms with van der Waals surface area (Å²) in [6.07, 6.45) is 1.11. The number of carbonyl (C=O) groups is 2. The van der Waals surface area contributed by atoms with Crippen LogP contribution in [0.15, 0.2) is 77.7 Å². The molecule has 0 aliphatic heterocycles. The maximum atomic E-state index is 14.2. The summed E-state index contributed by atoms with van der Waals surface area (Å²) in [4.78, 5) is 29.2. The fourth-order valence-corrected chi connectivity index (χ4v) is 5.87. The molecule has 3 aromatic carbocycles. The quantitative estimate of drug-likeness (QED) is 0.299. The second-order valence-electron chi connectivity index (χ2n) is 10.2. The molecule has 0 heterocycles. The average molecular weight is 580 g/mol. The molecule has 3 aromatic rings. The van der Waals surface area contributed by atoms with Gasteiger partial charge in [0.1, 0.15) is 18.3 Å². The van der Waals surface area contributed by atoms with Crippen molar-refractivity contribution in [2.24, 2.45) is 0 Å². The number of hydrogen-bond acceptors (Lipinski definition) is 5. The molecule has 3 rings (SSSR count). The molecule has 0 saturated carbocycles. The third-order valence-corrected chi connectivity index (χ3v) is 9.01. The van der Waals surface area contributed by atoms with E-state index in [4.69, 9.17) is 4.74 Å². The lowest BCUT2D eigenvalue weighted by molar-refractivity contribution is -0.140. The average Bonchev–Trinajstić information content (AvgIpc) is 2.96. The van der Waals surface area contributed by atoms with E-state index in [1.165, 1.54) is 24.1 Å². The summed E-state index contributed by atoms with van der Waals surface area (Å²) >= 11 is 0. The maximum absolute atomic E-state index is 14.2. The lowest BCUT2D eigenvalue weighted by Gasteiger charge is -2.34. The third-order valence-electron chi connectivity index (χ3n) is 7.22. The van der Waals surface area contributed by atoms with Crippen molar-refractivity contribution in [3.63, 3.8) is 0 Å². The summed E-state index contributed by atoms with van der Waals surface area (Å²) in [5.74, 6) is -0.300. The van der Waals surface area contributed by atoms with Crippen molar-refractivity contribution in [3.05, 3.63) is 89.5 Å². The van der Waals surface area contributed by atoms with Gasteiger partial charge in [-0.05, 0) is 69.0 Å². The lowest BCUT2D eigenvalue weighted by atomic mass is 10.1. The molecule has 0 radical (unpaired) electrons. The molecule has 0 bridgehead atoms. The molecule has 8 nitrogen and oxygen atoms in total. The smallest absolute Gasteiger partial charge is 0.264 e. The van der Waals surface area contributed by atoms with Crippen LogP contribution in [0.25, 0.3) is 0 Å². The molecular weight excluding hydrogens is 538 g/mol. The highest BCUT2D eigenvalue weighted by Gasteiger charge is 2.34. The largest absolute Gasteiger partial charge is 0.497 e. The number of aryl methyl sites for hydroxylation is 2. The molecule has 220 valence electrons. The van der Waals surface area contributed by atoms with Gasteiger partial charge < -0.3 is 15.0 Å². The van der Waals surface area contributed by atoms with Crippen LogP contribution >= 0.6 is 0 Å². The van der Waals surface area contributed by atoms with E-state index in [-0.39, 0.29) is 29.1 Å². The number of ether oxygens (including phenoxy) is 1. The Morgan fingerprint density at radius 1 is 0.927 bits per heavy atom. The van der Waals surface area contributed by atoms with Gasteiger partial charge in [0.15, 0.2) is 0 Å². The van der Waals surface area contributed by atoms with Crippen molar-refractivity contribution < 1.29 is 22.7 Å². The first-order chi connectivity index (χ1) is 19.5. The van der Waals surface area contributed by atoms with E-state index in [1.54, 1.807) is 36.4 Å². The van der Waals surface area contributed by atoms with Gasteiger partial charge in [0.25, 0.3) is 10.0 Å². The van der Waals surface area contributed by atoms with Gasteiger partial charge in [-0.2, -0.15) is 0 Å². The minimum absolute atomic E-state index is 0.0609. The zero-order valence-electron chi connectivity index (χ0n) is 24.8. The minimum atomic E-state index is -4.15. The molecule has 0 unspecified atom stereocenters. The number of benzene rings is 3. The van der Waals surface area contributed by atoms with Crippen molar-refractivity contribution in [1.82, 2.24) is 10.2 Å². The van der Waals surface area contributed by atoms with Crippen LogP contribution in [0.1, 0.15) is 50.3 Å². The molecule has 41 heavy (non-hydrogen) atoms. The van der Waals surface area contributed by atoms with E-state index >= 15 is 0 Å². The Morgan fingerprint density at radius 3 is 2.22 bits per heavy atom. The van der Waals surface area contributed by atoms with Crippen LogP contribution in [0, 0.1) is 13.8 Å². The van der Waals surface area contributed by atoms with Crippen LogP contribution in [0.3, 0.4) is 0 Å². The van der Waals surface area contributed by atoms with Crippen LogP contribution in [0.4, 0.5) is 5.69 Å². The van der Waals surface area contributed by atoms with Crippen LogP contribution < -0.4 is 14.4 Å². The Kier molecular flexibility index (Phi) is 10.9. The predicted molar refractivity (Wildman–Crippen MR) is 162 cm³/mol. The zero-order valence-corrected chi connectivity index (χ0v) is 25.6. The van der Waals surface area contributed by atoms with Crippen molar-refractivity contribution in [2.45, 2.75) is 71.0 Å². The molecule has 0 saturated heterocycles. The lowest BCUT2D eigenvalue weighted by Crippen LogP contribution is -2.53. The van der Waals surface area contributed by atoms with E-state index < -0.39 is 28.5 Å². The number of rotatable bonds is 13. The monoisotopic (exact) mass is 579 g/mol. The first-order valence-electron chi connectivity index (χ1n) is 13.9. The highest BCUT2D eigenvalue weighted by molar-refractivity contribution is 7.92. The van der Waals surface area contributed by atoms with E-state index in [0.29, 0.717) is 12.2 Å². The van der Waals surface area contributed by atoms with Crippen LogP contribution in [-0.4, -0.2) is 50.9 Å². The van der Waals surface area contributed by atoms with Gasteiger partial charge in [-0.15, -0.1) is 0 Å². The molecular formula is C32H41N3O5S. The third kappa shape index (κ3) is 7.88. The molecule has 0 aromatic heterocycles. The molecule has 2 atom stereocenters. The van der Waals surface area contributed by atoms with Gasteiger partial charge in [0.05, 0.1) is 17.7 Å². The number of methoxy groups -OCH3 is 1. The highest BCUT2D eigenvalue weighted by atomic mass is 32.2. The van der Waals surface area contributed by atoms with Crippen molar-refractivity contribution in [2.75, 3.05) is 18.0 Å². The Morgan fingerprint density at radius 2 is 1.61 bits per heavy atom. The fraction of sp³-hybridized carbons (Fsp3) is 0.375. The predicted octanol–water partition coefficient (Wildman–Crippen LogP) is 5.23. The minimum Gasteiger partial charge on any atom is -0.497 e. The molecule has 1 N–H and O–H groups in total. The maximum Gasteiger partial charge on any atom is 0.264 e. The number of anilines is 1. The second-order valence-corrected chi connectivity index (χ2v) is 12.1. The highest BCUT2D eigenvalue weighted by Crippen LogP contribution is 2.28. The summed E-state index contributed by atoms with van der Waals surface area (Å²) in [7, 11) is -2.66. The summed E-state index contributed by atoms with van der Waals surface area (Å²) in [5, 5.41) is 3.00. The number of carbonyl (C=O) groups excluding carboxylic acids is 2. The van der Waals surface area contributed by atoms with Gasteiger partial charge in [-0.25, -0.2) is 8.42 Å². The number of amides is 2. The van der Waals surface area contributed by atoms with Crippen LogP contribution in [-0.2, 0) is 26.2 Å². The number of hydrogen-bond donors (Lipinski definition) is 1. The van der Waals surface area contributed by atoms with E-state index in [0.717, 1.165) is 27.4 Å². The number of sulfonamides is 1. The Balaban J connectivity index is 2.09. The Hall–Kier alpha value is -3.85. The van der Waals surface area contributed by atoms with E-state index in [1.807, 2.05) is 58.9 Å². The second kappa shape index (κ2) is 14.2. The van der Waals surface area contributed by atoms with Crippen LogP contribution in [0.2, 0.25) is 0 Å². The fourth-order valence-electron chi connectivity index (χ4n) is 4.46.